The van der Waals surface area contributed by atoms with Crippen molar-refractivity contribution in [3.8, 4) is 0 Å². The zero-order chi connectivity index (χ0) is 21.2. The normalized spacial score (nSPS) is 22.6. The molecule has 29 heavy (non-hydrogen) atoms. The second kappa shape index (κ2) is 8.18. The molecule has 0 aliphatic carbocycles. The first-order valence-electron chi connectivity index (χ1n) is 9.58. The van der Waals surface area contributed by atoms with Crippen molar-refractivity contribution < 1.29 is 28.3 Å². The lowest BCUT2D eigenvalue weighted by Gasteiger charge is -2.31. The van der Waals surface area contributed by atoms with E-state index in [2.05, 4.69) is 5.32 Å². The van der Waals surface area contributed by atoms with Gasteiger partial charge in [0.2, 0.25) is 5.91 Å². The van der Waals surface area contributed by atoms with Gasteiger partial charge in [-0.3, -0.25) is 19.3 Å². The molecular formula is C20H24FN3O5. The zero-order valence-electron chi connectivity index (χ0n) is 16.4. The maximum atomic E-state index is 13.3. The third kappa shape index (κ3) is 3.81. The highest BCUT2D eigenvalue weighted by atomic mass is 19.1. The van der Waals surface area contributed by atoms with Gasteiger partial charge in [0.25, 0.3) is 5.91 Å². The first kappa shape index (κ1) is 20.8. The average Bonchev–Trinajstić information content (AvgIpc) is 2.98. The summed E-state index contributed by atoms with van der Waals surface area (Å²) < 4.78 is 18.0. The summed E-state index contributed by atoms with van der Waals surface area (Å²) in [7, 11) is 1.33. The lowest BCUT2D eigenvalue weighted by Crippen LogP contribution is -2.47. The van der Waals surface area contributed by atoms with Gasteiger partial charge in [-0.15, -0.1) is 0 Å². The molecule has 2 fully saturated rings. The number of ether oxygens (including phenoxy) is 1. The van der Waals surface area contributed by atoms with E-state index in [1.807, 2.05) is 0 Å². The average molecular weight is 405 g/mol. The van der Waals surface area contributed by atoms with E-state index < -0.39 is 23.3 Å². The summed E-state index contributed by atoms with van der Waals surface area (Å²) in [6.45, 7) is 2.08. The molecule has 3 rings (SSSR count). The Labute approximate surface area is 168 Å². The van der Waals surface area contributed by atoms with Crippen molar-refractivity contribution in [2.24, 2.45) is 5.92 Å². The summed E-state index contributed by atoms with van der Waals surface area (Å²) in [6, 6.07) is 4.72. The van der Waals surface area contributed by atoms with Gasteiger partial charge in [-0.25, -0.2) is 9.18 Å². The highest BCUT2D eigenvalue weighted by Crippen LogP contribution is 2.32. The summed E-state index contributed by atoms with van der Waals surface area (Å²) >= 11 is 0. The van der Waals surface area contributed by atoms with Crippen LogP contribution in [0.3, 0.4) is 0 Å². The summed E-state index contributed by atoms with van der Waals surface area (Å²) in [5.41, 5.74) is -0.850. The summed E-state index contributed by atoms with van der Waals surface area (Å²) in [5, 5.41) is 2.67. The fraction of sp³-hybridized carbons (Fsp3) is 0.500. The van der Waals surface area contributed by atoms with Crippen LogP contribution in [0.2, 0.25) is 0 Å². The van der Waals surface area contributed by atoms with E-state index in [4.69, 9.17) is 4.74 Å². The predicted octanol–water partition coefficient (Wildman–Crippen LogP) is 1.39. The molecule has 0 bridgehead atoms. The minimum atomic E-state index is -1.32. The first-order valence-corrected chi connectivity index (χ1v) is 9.58. The van der Waals surface area contributed by atoms with Crippen molar-refractivity contribution in [3.63, 3.8) is 0 Å². The molecule has 0 radical (unpaired) electrons. The second-order valence-corrected chi connectivity index (χ2v) is 7.27. The molecule has 2 aliphatic rings. The number of nitrogens with zero attached hydrogens (tertiary/aromatic N) is 2. The monoisotopic (exact) mass is 405 g/mol. The fourth-order valence-electron chi connectivity index (χ4n) is 3.91. The van der Waals surface area contributed by atoms with E-state index in [1.165, 1.54) is 31.4 Å². The van der Waals surface area contributed by atoms with Crippen LogP contribution in [0.5, 0.6) is 0 Å². The SMILES string of the molecule is CC[C@@]1(c2ccc(F)cc2)NC(=O)N(CC(=O)N2CCC(C(=O)OC)CC2)C1=O. The second-order valence-electron chi connectivity index (χ2n) is 7.27. The Morgan fingerprint density at radius 1 is 1.21 bits per heavy atom. The number of benzene rings is 1. The third-order valence-corrected chi connectivity index (χ3v) is 5.72. The molecule has 2 aliphatic heterocycles. The molecule has 156 valence electrons. The number of urea groups is 1. The molecule has 0 spiro atoms. The molecule has 2 saturated heterocycles. The zero-order valence-corrected chi connectivity index (χ0v) is 16.4. The lowest BCUT2D eigenvalue weighted by atomic mass is 9.87. The standard InChI is InChI=1S/C20H24FN3O5/c1-3-20(14-4-6-15(21)7-5-14)18(27)24(19(28)22-20)12-16(25)23-10-8-13(9-11-23)17(26)29-2/h4-7,13H,3,8-12H2,1-2H3,(H,22,28)/t20-/m0/s1. The van der Waals surface area contributed by atoms with Gasteiger partial charge in [-0.2, -0.15) is 0 Å². The largest absolute Gasteiger partial charge is 0.469 e. The molecule has 4 amide bonds. The number of likely N-dealkylation sites (tertiary alicyclic amines) is 1. The molecule has 0 saturated carbocycles. The Balaban J connectivity index is 1.69. The van der Waals surface area contributed by atoms with Crippen molar-refractivity contribution in [2.45, 2.75) is 31.7 Å². The number of halogens is 1. The maximum Gasteiger partial charge on any atom is 0.325 e. The molecule has 9 heteroatoms. The van der Waals surface area contributed by atoms with E-state index in [0.717, 1.165) is 4.90 Å². The van der Waals surface area contributed by atoms with Crippen LogP contribution in [0.4, 0.5) is 9.18 Å². The number of amides is 4. The van der Waals surface area contributed by atoms with Crippen molar-refractivity contribution in [1.82, 2.24) is 15.1 Å². The number of imide groups is 1. The van der Waals surface area contributed by atoms with E-state index >= 15 is 0 Å². The van der Waals surface area contributed by atoms with Crippen LogP contribution in [0.15, 0.2) is 24.3 Å². The van der Waals surface area contributed by atoms with Crippen LogP contribution in [-0.4, -0.2) is 60.4 Å². The number of carbonyl (C=O) groups is 4. The third-order valence-electron chi connectivity index (χ3n) is 5.72. The fourth-order valence-corrected chi connectivity index (χ4v) is 3.91. The maximum absolute atomic E-state index is 13.3. The molecule has 1 aromatic rings. The van der Waals surface area contributed by atoms with Gasteiger partial charge in [0.1, 0.15) is 17.9 Å². The Bertz CT molecular complexity index is 820. The molecule has 1 aromatic carbocycles. The van der Waals surface area contributed by atoms with Crippen molar-refractivity contribution >= 4 is 23.8 Å². The molecular weight excluding hydrogens is 381 g/mol. The van der Waals surface area contributed by atoms with Crippen LogP contribution in [0, 0.1) is 11.7 Å². The molecule has 1 N–H and O–H groups in total. The number of piperidine rings is 1. The van der Waals surface area contributed by atoms with Gasteiger partial charge in [-0.1, -0.05) is 19.1 Å². The molecule has 2 heterocycles. The van der Waals surface area contributed by atoms with Crippen LogP contribution in [0.1, 0.15) is 31.7 Å². The number of esters is 1. The topological polar surface area (TPSA) is 96.0 Å². The summed E-state index contributed by atoms with van der Waals surface area (Å²) in [5.74, 6) is -1.87. The number of carbonyl (C=O) groups excluding carboxylic acids is 4. The summed E-state index contributed by atoms with van der Waals surface area (Å²) in [4.78, 5) is 52.3. The number of methoxy groups -OCH3 is 1. The van der Waals surface area contributed by atoms with Crippen molar-refractivity contribution in [1.29, 1.82) is 0 Å². The number of hydrogen-bond donors (Lipinski definition) is 1. The van der Waals surface area contributed by atoms with E-state index in [9.17, 15) is 23.6 Å². The van der Waals surface area contributed by atoms with Crippen LogP contribution in [-0.2, 0) is 24.7 Å². The number of nitrogens with one attached hydrogen (secondary N) is 1. The Morgan fingerprint density at radius 3 is 2.38 bits per heavy atom. The number of hydrogen-bond acceptors (Lipinski definition) is 5. The molecule has 1 atom stereocenters. The highest BCUT2D eigenvalue weighted by Gasteiger charge is 2.51. The Hall–Kier alpha value is -2.97. The van der Waals surface area contributed by atoms with Crippen molar-refractivity contribution in [3.05, 3.63) is 35.6 Å². The minimum absolute atomic E-state index is 0.244. The quantitative estimate of drug-likeness (QED) is 0.590. The molecule has 0 aromatic heterocycles. The summed E-state index contributed by atoms with van der Waals surface area (Å²) in [6.07, 6.45) is 1.22. The van der Waals surface area contributed by atoms with Gasteiger partial charge in [-0.05, 0) is 37.0 Å². The van der Waals surface area contributed by atoms with Gasteiger partial charge >= 0.3 is 12.0 Å². The van der Waals surface area contributed by atoms with Crippen LogP contribution < -0.4 is 5.32 Å². The first-order chi connectivity index (χ1) is 13.8. The smallest absolute Gasteiger partial charge is 0.325 e. The Morgan fingerprint density at radius 2 is 1.83 bits per heavy atom. The van der Waals surface area contributed by atoms with Gasteiger partial charge in [0.05, 0.1) is 13.0 Å². The van der Waals surface area contributed by atoms with Crippen molar-refractivity contribution in [2.75, 3.05) is 26.7 Å². The van der Waals surface area contributed by atoms with Crippen LogP contribution >= 0.6 is 0 Å². The van der Waals surface area contributed by atoms with E-state index in [0.29, 0.717) is 31.5 Å². The van der Waals surface area contributed by atoms with Gasteiger partial charge in [0.15, 0.2) is 0 Å². The van der Waals surface area contributed by atoms with Gasteiger partial charge < -0.3 is 15.0 Å². The van der Waals surface area contributed by atoms with E-state index in [-0.39, 0.29) is 30.8 Å². The Kier molecular flexibility index (Phi) is 5.86. The van der Waals surface area contributed by atoms with Gasteiger partial charge in [0, 0.05) is 13.1 Å². The number of rotatable bonds is 5. The lowest BCUT2D eigenvalue weighted by molar-refractivity contribution is -0.149. The van der Waals surface area contributed by atoms with E-state index in [1.54, 1.807) is 11.8 Å². The van der Waals surface area contributed by atoms with Crippen LogP contribution in [0.25, 0.3) is 0 Å². The highest BCUT2D eigenvalue weighted by molar-refractivity contribution is 6.09. The predicted molar refractivity (Wildman–Crippen MR) is 99.9 cm³/mol. The molecule has 8 nitrogen and oxygen atoms in total. The molecule has 0 unspecified atom stereocenters. The minimum Gasteiger partial charge on any atom is -0.469 e.